The molecule has 0 radical (unpaired) electrons. The summed E-state index contributed by atoms with van der Waals surface area (Å²) in [4.78, 5) is 0. The minimum atomic E-state index is -2.15. The van der Waals surface area contributed by atoms with E-state index in [9.17, 15) is 8.78 Å². The molecule has 0 aliphatic heterocycles. The van der Waals surface area contributed by atoms with Crippen LogP contribution in [-0.4, -0.2) is 12.5 Å². The molecule has 2 unspecified atom stereocenters. The first kappa shape index (κ1) is 15.8. The van der Waals surface area contributed by atoms with E-state index in [1.165, 1.54) is 32.1 Å². The third-order valence-electron chi connectivity index (χ3n) is 3.59. The fourth-order valence-corrected chi connectivity index (χ4v) is 1.75. The Bertz CT molecular complexity index is 156. The maximum atomic E-state index is 11.9. The lowest BCUT2D eigenvalue weighted by molar-refractivity contribution is 0.0571. The third kappa shape index (κ3) is 7.15. The molecule has 0 saturated heterocycles. The fourth-order valence-electron chi connectivity index (χ4n) is 1.75. The maximum absolute atomic E-state index is 11.9. The van der Waals surface area contributed by atoms with Gasteiger partial charge in [-0.1, -0.05) is 46.5 Å². The van der Waals surface area contributed by atoms with Crippen LogP contribution in [0.1, 0.15) is 59.3 Å². The largest absolute Gasteiger partial charge is 0.328 e. The zero-order chi connectivity index (χ0) is 12.6. The van der Waals surface area contributed by atoms with Gasteiger partial charge in [-0.15, -0.1) is 0 Å². The van der Waals surface area contributed by atoms with Gasteiger partial charge in [0.2, 0.25) is 6.43 Å². The van der Waals surface area contributed by atoms with Gasteiger partial charge in [0.25, 0.3) is 0 Å². The van der Waals surface area contributed by atoms with Gasteiger partial charge >= 0.3 is 0 Å². The Kier molecular flexibility index (Phi) is 8.81. The summed E-state index contributed by atoms with van der Waals surface area (Å²) in [5.41, 5.74) is 5.63. The normalized spacial score (nSPS) is 21.2. The molecule has 0 spiro atoms. The highest BCUT2D eigenvalue weighted by Crippen LogP contribution is 2.20. The summed E-state index contributed by atoms with van der Waals surface area (Å²) in [6, 6.07) is 0.536. The topological polar surface area (TPSA) is 26.0 Å². The van der Waals surface area contributed by atoms with Crippen molar-refractivity contribution < 1.29 is 8.78 Å². The molecular formula is C13H27F2N. The summed E-state index contributed by atoms with van der Waals surface area (Å²) >= 11 is 0. The SMILES string of the molecule is CCC(C)C(C)C(F)F.NC1CCCCC1. The molecule has 0 aromatic rings. The third-order valence-corrected chi connectivity index (χ3v) is 3.59. The van der Waals surface area contributed by atoms with Gasteiger partial charge in [-0.05, 0) is 18.8 Å². The Balaban J connectivity index is 0.000000288. The molecule has 1 saturated carbocycles. The molecule has 0 heterocycles. The molecule has 3 heteroatoms. The summed E-state index contributed by atoms with van der Waals surface area (Å²) in [5, 5.41) is 0. The predicted octanol–water partition coefficient (Wildman–Crippen LogP) is 4.21. The standard InChI is InChI=1S/C7H14F2.C6H13N/c1-4-5(2)6(3)7(8)9;7-6-4-2-1-3-5-6/h5-7H,4H2,1-3H3;6H,1-5,7H2. The van der Waals surface area contributed by atoms with Crippen LogP contribution in [0.15, 0.2) is 0 Å². The highest BCUT2D eigenvalue weighted by molar-refractivity contribution is 4.66. The smallest absolute Gasteiger partial charge is 0.241 e. The first-order valence-corrected chi connectivity index (χ1v) is 6.52. The molecule has 2 N–H and O–H groups in total. The van der Waals surface area contributed by atoms with E-state index in [-0.39, 0.29) is 5.92 Å². The molecule has 2 atom stereocenters. The van der Waals surface area contributed by atoms with E-state index in [1.807, 2.05) is 13.8 Å². The molecule has 0 aromatic carbocycles. The van der Waals surface area contributed by atoms with Gasteiger partial charge in [0.1, 0.15) is 0 Å². The lowest BCUT2D eigenvalue weighted by Crippen LogP contribution is -2.22. The van der Waals surface area contributed by atoms with Crippen LogP contribution < -0.4 is 5.73 Å². The monoisotopic (exact) mass is 235 g/mol. The number of hydrogen-bond acceptors (Lipinski definition) is 1. The Morgan fingerprint density at radius 2 is 1.62 bits per heavy atom. The van der Waals surface area contributed by atoms with Crippen LogP contribution in [0.2, 0.25) is 0 Å². The highest BCUT2D eigenvalue weighted by atomic mass is 19.3. The molecule has 16 heavy (non-hydrogen) atoms. The minimum Gasteiger partial charge on any atom is -0.328 e. The van der Waals surface area contributed by atoms with E-state index in [2.05, 4.69) is 0 Å². The molecule has 1 aliphatic rings. The van der Waals surface area contributed by atoms with Crippen molar-refractivity contribution in [2.24, 2.45) is 17.6 Å². The second-order valence-corrected chi connectivity index (χ2v) is 4.98. The van der Waals surface area contributed by atoms with Crippen molar-refractivity contribution in [3.05, 3.63) is 0 Å². The van der Waals surface area contributed by atoms with Gasteiger partial charge < -0.3 is 5.73 Å². The zero-order valence-corrected chi connectivity index (χ0v) is 10.9. The molecule has 1 rings (SSSR count). The minimum absolute atomic E-state index is 0.144. The first-order chi connectivity index (χ1) is 7.49. The number of hydrogen-bond donors (Lipinski definition) is 1. The fraction of sp³-hybridized carbons (Fsp3) is 1.00. The molecule has 98 valence electrons. The van der Waals surface area contributed by atoms with Gasteiger partial charge in [0.05, 0.1) is 0 Å². The van der Waals surface area contributed by atoms with Crippen LogP contribution in [0.25, 0.3) is 0 Å². The average molecular weight is 235 g/mol. The van der Waals surface area contributed by atoms with Crippen molar-refractivity contribution in [2.75, 3.05) is 0 Å². The average Bonchev–Trinajstić information content (AvgIpc) is 2.28. The Morgan fingerprint density at radius 1 is 1.12 bits per heavy atom. The van der Waals surface area contributed by atoms with E-state index in [0.717, 1.165) is 6.42 Å². The van der Waals surface area contributed by atoms with E-state index < -0.39 is 12.3 Å². The molecule has 0 bridgehead atoms. The summed E-state index contributed by atoms with van der Waals surface area (Å²) < 4.78 is 23.7. The summed E-state index contributed by atoms with van der Waals surface area (Å²) in [7, 11) is 0. The lowest BCUT2D eigenvalue weighted by Gasteiger charge is -2.16. The van der Waals surface area contributed by atoms with Crippen molar-refractivity contribution in [3.8, 4) is 0 Å². The van der Waals surface area contributed by atoms with E-state index in [0.29, 0.717) is 6.04 Å². The summed E-state index contributed by atoms with van der Waals surface area (Å²) in [6.45, 7) is 5.39. The summed E-state index contributed by atoms with van der Waals surface area (Å²) in [5.74, 6) is -0.306. The Labute approximate surface area is 98.8 Å². The second-order valence-electron chi connectivity index (χ2n) is 4.98. The lowest BCUT2D eigenvalue weighted by atomic mass is 9.94. The number of alkyl halides is 2. The van der Waals surface area contributed by atoms with Gasteiger partial charge in [-0.3, -0.25) is 0 Å². The molecule has 0 amide bonds. The van der Waals surface area contributed by atoms with Crippen LogP contribution in [0.4, 0.5) is 8.78 Å². The quantitative estimate of drug-likeness (QED) is 0.779. The maximum Gasteiger partial charge on any atom is 0.241 e. The van der Waals surface area contributed by atoms with Crippen LogP contribution in [-0.2, 0) is 0 Å². The number of halogens is 2. The van der Waals surface area contributed by atoms with Crippen molar-refractivity contribution >= 4 is 0 Å². The van der Waals surface area contributed by atoms with Crippen molar-refractivity contribution in [1.82, 2.24) is 0 Å². The molecule has 1 nitrogen and oxygen atoms in total. The van der Waals surface area contributed by atoms with Crippen molar-refractivity contribution in [1.29, 1.82) is 0 Å². The molecule has 0 aromatic heterocycles. The molecule has 1 fully saturated rings. The number of rotatable bonds is 3. The van der Waals surface area contributed by atoms with Gasteiger partial charge in [0.15, 0.2) is 0 Å². The molecular weight excluding hydrogens is 208 g/mol. The zero-order valence-electron chi connectivity index (χ0n) is 10.9. The van der Waals surface area contributed by atoms with E-state index >= 15 is 0 Å². The van der Waals surface area contributed by atoms with Crippen LogP contribution in [0, 0.1) is 11.8 Å². The summed E-state index contributed by atoms with van der Waals surface area (Å²) in [6.07, 6.45) is 5.35. The number of nitrogens with two attached hydrogens (primary N) is 1. The highest BCUT2D eigenvalue weighted by Gasteiger charge is 2.19. The van der Waals surface area contributed by atoms with Gasteiger partial charge in [-0.25, -0.2) is 8.78 Å². The van der Waals surface area contributed by atoms with Gasteiger partial charge in [0, 0.05) is 12.0 Å². The van der Waals surface area contributed by atoms with Crippen molar-refractivity contribution in [2.45, 2.75) is 71.8 Å². The molecule has 1 aliphatic carbocycles. The predicted molar refractivity (Wildman–Crippen MR) is 65.7 cm³/mol. The van der Waals surface area contributed by atoms with Crippen LogP contribution in [0.3, 0.4) is 0 Å². The van der Waals surface area contributed by atoms with Crippen LogP contribution >= 0.6 is 0 Å². The second kappa shape index (κ2) is 8.91. The van der Waals surface area contributed by atoms with Gasteiger partial charge in [-0.2, -0.15) is 0 Å². The van der Waals surface area contributed by atoms with E-state index in [4.69, 9.17) is 5.73 Å². The Hall–Kier alpha value is -0.180. The van der Waals surface area contributed by atoms with Crippen LogP contribution in [0.5, 0.6) is 0 Å². The Morgan fingerprint density at radius 3 is 1.81 bits per heavy atom. The first-order valence-electron chi connectivity index (χ1n) is 6.52. The van der Waals surface area contributed by atoms with Crippen molar-refractivity contribution in [3.63, 3.8) is 0 Å². The van der Waals surface area contributed by atoms with E-state index in [1.54, 1.807) is 6.92 Å².